The lowest BCUT2D eigenvalue weighted by Gasteiger charge is -1.92. The number of hydrogen-bond donors (Lipinski definition) is 0. The highest BCUT2D eigenvalue weighted by Gasteiger charge is 2.11. The van der Waals surface area contributed by atoms with E-state index in [0.29, 0.717) is 0 Å². The third kappa shape index (κ3) is 1.45. The minimum absolute atomic E-state index is 0.870. The van der Waals surface area contributed by atoms with E-state index in [0.717, 1.165) is 22.2 Å². The van der Waals surface area contributed by atoms with E-state index in [-0.39, 0.29) is 0 Å². The van der Waals surface area contributed by atoms with Gasteiger partial charge in [0.2, 0.25) is 0 Å². The summed E-state index contributed by atoms with van der Waals surface area (Å²) in [5.74, 6) is 1.05. The minimum Gasteiger partial charge on any atom is -0.460 e. The number of hydrogen-bond acceptors (Lipinski definition) is 1. The number of benzene rings is 1. The summed E-state index contributed by atoms with van der Waals surface area (Å²) in [6.07, 6.45) is 9.20. The van der Waals surface area contributed by atoms with Gasteiger partial charge in [0.15, 0.2) is 0 Å². The molecule has 1 aromatic heterocycles. The molecule has 74 valence electrons. The Kier molecular flexibility index (Phi) is 2.03. The Morgan fingerprint density at radius 1 is 1.20 bits per heavy atom. The van der Waals surface area contributed by atoms with Crippen molar-refractivity contribution in [1.29, 1.82) is 0 Å². The normalized spacial score (nSPS) is 14.2. The first-order chi connectivity index (χ1) is 7.34. The molecule has 0 radical (unpaired) electrons. The van der Waals surface area contributed by atoms with Crippen LogP contribution in [0.3, 0.4) is 0 Å². The van der Waals surface area contributed by atoms with Crippen molar-refractivity contribution in [1.82, 2.24) is 0 Å². The van der Waals surface area contributed by atoms with Crippen LogP contribution in [-0.2, 0) is 6.42 Å². The summed E-state index contributed by atoms with van der Waals surface area (Å²) < 4.78 is 6.89. The number of halogens is 1. The molecule has 1 aliphatic rings. The third-order valence-electron chi connectivity index (χ3n) is 2.58. The van der Waals surface area contributed by atoms with Gasteiger partial charge in [-0.05, 0) is 18.2 Å². The first kappa shape index (κ1) is 8.98. The lowest BCUT2D eigenvalue weighted by atomic mass is 10.1. The van der Waals surface area contributed by atoms with E-state index in [1.807, 2.05) is 12.1 Å². The van der Waals surface area contributed by atoms with Crippen molar-refractivity contribution >= 4 is 33.0 Å². The summed E-state index contributed by atoms with van der Waals surface area (Å²) in [5.41, 5.74) is 2.17. The molecule has 0 aliphatic heterocycles. The second-order valence-electron chi connectivity index (χ2n) is 3.57. The molecular formula is C13H9BrO. The van der Waals surface area contributed by atoms with E-state index >= 15 is 0 Å². The van der Waals surface area contributed by atoms with Crippen LogP contribution in [0.25, 0.3) is 17.0 Å². The van der Waals surface area contributed by atoms with Gasteiger partial charge in [-0.25, -0.2) is 0 Å². The second kappa shape index (κ2) is 3.38. The highest BCUT2D eigenvalue weighted by Crippen LogP contribution is 2.31. The molecule has 0 N–H and O–H groups in total. The van der Waals surface area contributed by atoms with Crippen LogP contribution < -0.4 is 0 Å². The Morgan fingerprint density at radius 3 is 3.07 bits per heavy atom. The Bertz CT molecular complexity index is 575. The van der Waals surface area contributed by atoms with Crippen molar-refractivity contribution in [2.75, 3.05) is 0 Å². The zero-order chi connectivity index (χ0) is 10.3. The van der Waals surface area contributed by atoms with Gasteiger partial charge in [-0.1, -0.05) is 40.2 Å². The van der Waals surface area contributed by atoms with Crippen molar-refractivity contribution in [3.8, 4) is 0 Å². The SMILES string of the molecule is Brc1ccc2oc3c(c2c1)C=CC=CC3. The van der Waals surface area contributed by atoms with Crippen molar-refractivity contribution < 1.29 is 4.42 Å². The van der Waals surface area contributed by atoms with E-state index in [1.54, 1.807) is 0 Å². The molecule has 3 rings (SSSR count). The van der Waals surface area contributed by atoms with E-state index in [4.69, 9.17) is 4.42 Å². The summed E-state index contributed by atoms with van der Waals surface area (Å²) in [6.45, 7) is 0. The molecule has 0 unspecified atom stereocenters. The zero-order valence-electron chi connectivity index (χ0n) is 8.03. The van der Waals surface area contributed by atoms with Crippen molar-refractivity contribution in [3.05, 3.63) is 52.2 Å². The summed E-state index contributed by atoms with van der Waals surface area (Å²) in [4.78, 5) is 0. The van der Waals surface area contributed by atoms with Crippen LogP contribution >= 0.6 is 15.9 Å². The molecule has 0 bridgehead atoms. The Labute approximate surface area is 96.2 Å². The van der Waals surface area contributed by atoms with Crippen molar-refractivity contribution in [3.63, 3.8) is 0 Å². The molecule has 0 saturated carbocycles. The standard InChI is InChI=1S/C13H9BrO/c14-9-6-7-13-11(8-9)10-4-2-1-3-5-12(10)15-13/h1-4,6-8H,5H2. The maximum atomic E-state index is 5.80. The van der Waals surface area contributed by atoms with Gasteiger partial charge in [-0.3, -0.25) is 0 Å². The third-order valence-corrected chi connectivity index (χ3v) is 3.07. The fraction of sp³-hybridized carbons (Fsp3) is 0.0769. The van der Waals surface area contributed by atoms with E-state index in [2.05, 4.69) is 46.3 Å². The fourth-order valence-electron chi connectivity index (χ4n) is 1.88. The number of furan rings is 1. The highest BCUT2D eigenvalue weighted by molar-refractivity contribution is 9.10. The molecule has 0 fully saturated rings. The molecule has 1 nitrogen and oxygen atoms in total. The van der Waals surface area contributed by atoms with E-state index < -0.39 is 0 Å². The Balaban J connectivity index is 2.35. The van der Waals surface area contributed by atoms with Gasteiger partial charge in [-0.15, -0.1) is 0 Å². The molecule has 2 aromatic rings. The number of rotatable bonds is 0. The molecule has 1 heterocycles. The van der Waals surface area contributed by atoms with Gasteiger partial charge >= 0.3 is 0 Å². The van der Waals surface area contributed by atoms with Crippen LogP contribution in [0.2, 0.25) is 0 Å². The van der Waals surface area contributed by atoms with Crippen LogP contribution in [0.5, 0.6) is 0 Å². The Morgan fingerprint density at radius 2 is 2.13 bits per heavy atom. The van der Waals surface area contributed by atoms with E-state index in [1.165, 1.54) is 10.9 Å². The van der Waals surface area contributed by atoms with Crippen LogP contribution in [0.4, 0.5) is 0 Å². The van der Waals surface area contributed by atoms with Crippen LogP contribution in [-0.4, -0.2) is 0 Å². The molecule has 0 spiro atoms. The number of allylic oxidation sites excluding steroid dienone is 3. The van der Waals surface area contributed by atoms with Gasteiger partial charge in [0.05, 0.1) is 0 Å². The van der Waals surface area contributed by atoms with Gasteiger partial charge in [0.1, 0.15) is 11.3 Å². The fourth-order valence-corrected chi connectivity index (χ4v) is 2.24. The van der Waals surface area contributed by atoms with Gasteiger partial charge in [0, 0.05) is 21.8 Å². The summed E-state index contributed by atoms with van der Waals surface area (Å²) in [6, 6.07) is 6.11. The lowest BCUT2D eigenvalue weighted by Crippen LogP contribution is -1.77. The maximum Gasteiger partial charge on any atom is 0.135 e. The summed E-state index contributed by atoms with van der Waals surface area (Å²) in [5, 5.41) is 1.18. The number of fused-ring (bicyclic) bond motifs is 3. The first-order valence-corrected chi connectivity index (χ1v) is 5.68. The van der Waals surface area contributed by atoms with Crippen LogP contribution in [0.15, 0.2) is 45.3 Å². The smallest absolute Gasteiger partial charge is 0.135 e. The van der Waals surface area contributed by atoms with Crippen molar-refractivity contribution in [2.24, 2.45) is 0 Å². The van der Waals surface area contributed by atoms with E-state index in [9.17, 15) is 0 Å². The maximum absolute atomic E-state index is 5.80. The van der Waals surface area contributed by atoms with Crippen LogP contribution in [0, 0.1) is 0 Å². The largest absolute Gasteiger partial charge is 0.460 e. The molecule has 1 aromatic carbocycles. The lowest BCUT2D eigenvalue weighted by molar-refractivity contribution is 0.564. The molecule has 0 atom stereocenters. The molecule has 0 saturated heterocycles. The van der Waals surface area contributed by atoms with Gasteiger partial charge in [-0.2, -0.15) is 0 Å². The molecular weight excluding hydrogens is 252 g/mol. The van der Waals surface area contributed by atoms with Gasteiger partial charge < -0.3 is 4.42 Å². The van der Waals surface area contributed by atoms with Crippen molar-refractivity contribution in [2.45, 2.75) is 6.42 Å². The quantitative estimate of drug-likeness (QED) is 0.688. The first-order valence-electron chi connectivity index (χ1n) is 4.89. The Hall–Kier alpha value is -1.28. The average Bonchev–Trinajstić information content (AvgIpc) is 2.44. The predicted octanol–water partition coefficient (Wildman–Crippen LogP) is 4.32. The van der Waals surface area contributed by atoms with Crippen LogP contribution in [0.1, 0.15) is 11.3 Å². The molecule has 0 amide bonds. The zero-order valence-corrected chi connectivity index (χ0v) is 9.62. The minimum atomic E-state index is 0.870. The summed E-state index contributed by atoms with van der Waals surface area (Å²) >= 11 is 3.48. The predicted molar refractivity (Wildman–Crippen MR) is 65.8 cm³/mol. The topological polar surface area (TPSA) is 13.1 Å². The molecule has 15 heavy (non-hydrogen) atoms. The van der Waals surface area contributed by atoms with Gasteiger partial charge in [0.25, 0.3) is 0 Å². The highest BCUT2D eigenvalue weighted by atomic mass is 79.9. The monoisotopic (exact) mass is 260 g/mol. The molecule has 1 aliphatic carbocycles. The second-order valence-corrected chi connectivity index (χ2v) is 4.49. The molecule has 2 heteroatoms. The average molecular weight is 261 g/mol. The summed E-state index contributed by atoms with van der Waals surface area (Å²) in [7, 11) is 0.